The SMILES string of the molecule is O=c1sccn1Cc1ccc(Cl)c([N+](=O)[O-])c1. The van der Waals surface area contributed by atoms with E-state index in [0.717, 1.165) is 11.3 Å². The van der Waals surface area contributed by atoms with Crippen LogP contribution in [0.3, 0.4) is 0 Å². The molecule has 0 unspecified atom stereocenters. The number of thiazole rings is 1. The lowest BCUT2D eigenvalue weighted by Gasteiger charge is -2.02. The first-order valence-electron chi connectivity index (χ1n) is 4.64. The van der Waals surface area contributed by atoms with Gasteiger partial charge in [-0.05, 0) is 11.6 Å². The lowest BCUT2D eigenvalue weighted by Crippen LogP contribution is -2.12. The van der Waals surface area contributed by atoms with Crippen LogP contribution >= 0.6 is 22.9 Å². The van der Waals surface area contributed by atoms with Crippen molar-refractivity contribution in [2.75, 3.05) is 0 Å². The van der Waals surface area contributed by atoms with Gasteiger partial charge < -0.3 is 4.57 Å². The third-order valence-electron chi connectivity index (χ3n) is 2.20. The molecule has 0 amide bonds. The Morgan fingerprint density at radius 3 is 2.82 bits per heavy atom. The summed E-state index contributed by atoms with van der Waals surface area (Å²) in [4.78, 5) is 21.4. The molecule has 2 rings (SSSR count). The Kier molecular flexibility index (Phi) is 3.26. The molecule has 1 aromatic carbocycles. The molecule has 17 heavy (non-hydrogen) atoms. The molecule has 7 heteroatoms. The van der Waals surface area contributed by atoms with E-state index in [0.29, 0.717) is 12.1 Å². The molecule has 88 valence electrons. The number of hydrogen-bond donors (Lipinski definition) is 0. The molecule has 0 aliphatic carbocycles. The van der Waals surface area contributed by atoms with Gasteiger partial charge in [0.05, 0.1) is 11.5 Å². The highest BCUT2D eigenvalue weighted by Gasteiger charge is 2.13. The summed E-state index contributed by atoms with van der Waals surface area (Å²) in [7, 11) is 0. The Bertz CT molecular complexity index is 620. The van der Waals surface area contributed by atoms with Gasteiger partial charge in [-0.15, -0.1) is 0 Å². The van der Waals surface area contributed by atoms with Crippen LogP contribution in [0.4, 0.5) is 5.69 Å². The van der Waals surface area contributed by atoms with Crippen LogP contribution in [0.15, 0.2) is 34.6 Å². The third kappa shape index (κ3) is 2.54. The number of aromatic nitrogens is 1. The Morgan fingerprint density at radius 1 is 1.47 bits per heavy atom. The van der Waals surface area contributed by atoms with Crippen LogP contribution in [-0.4, -0.2) is 9.49 Å². The van der Waals surface area contributed by atoms with Crippen molar-refractivity contribution in [3.8, 4) is 0 Å². The van der Waals surface area contributed by atoms with Crippen molar-refractivity contribution in [1.29, 1.82) is 0 Å². The standard InChI is InChI=1S/C10H7ClN2O3S/c11-8-2-1-7(5-9(8)13(15)16)6-12-3-4-17-10(12)14/h1-5H,6H2. The molecule has 0 aliphatic heterocycles. The normalized spacial score (nSPS) is 10.4. The van der Waals surface area contributed by atoms with E-state index in [2.05, 4.69) is 0 Å². The summed E-state index contributed by atoms with van der Waals surface area (Å²) in [6.07, 6.45) is 1.65. The number of nitro groups is 1. The second kappa shape index (κ2) is 4.68. The molecule has 0 radical (unpaired) electrons. The molecule has 1 aromatic heterocycles. The lowest BCUT2D eigenvalue weighted by atomic mass is 10.2. The van der Waals surface area contributed by atoms with Crippen molar-refractivity contribution in [2.45, 2.75) is 6.54 Å². The first kappa shape index (κ1) is 11.8. The average Bonchev–Trinajstić information content (AvgIpc) is 2.67. The van der Waals surface area contributed by atoms with Gasteiger partial charge in [-0.2, -0.15) is 0 Å². The fraction of sp³-hybridized carbons (Fsp3) is 0.100. The summed E-state index contributed by atoms with van der Waals surface area (Å²) in [5, 5.41) is 12.5. The Morgan fingerprint density at radius 2 is 2.24 bits per heavy atom. The first-order chi connectivity index (χ1) is 8.08. The Hall–Kier alpha value is -1.66. The van der Waals surface area contributed by atoms with E-state index in [1.807, 2.05) is 0 Å². The van der Waals surface area contributed by atoms with Crippen molar-refractivity contribution in [2.24, 2.45) is 0 Å². The van der Waals surface area contributed by atoms with Gasteiger partial charge in [0, 0.05) is 17.6 Å². The number of rotatable bonds is 3. The highest BCUT2D eigenvalue weighted by atomic mass is 35.5. The summed E-state index contributed by atoms with van der Waals surface area (Å²) < 4.78 is 1.48. The molecule has 2 aromatic rings. The molecular formula is C10H7ClN2O3S. The largest absolute Gasteiger partial charge is 0.307 e. The smallest absolute Gasteiger partial charge is 0.302 e. The van der Waals surface area contributed by atoms with Gasteiger partial charge in [0.25, 0.3) is 5.69 Å². The monoisotopic (exact) mass is 270 g/mol. The van der Waals surface area contributed by atoms with Gasteiger partial charge in [-0.1, -0.05) is 29.0 Å². The summed E-state index contributed by atoms with van der Waals surface area (Å²) in [6.45, 7) is 0.306. The highest BCUT2D eigenvalue weighted by Crippen LogP contribution is 2.25. The summed E-state index contributed by atoms with van der Waals surface area (Å²) >= 11 is 6.78. The number of hydrogen-bond acceptors (Lipinski definition) is 4. The minimum absolute atomic E-state index is 0.0939. The van der Waals surface area contributed by atoms with E-state index in [1.165, 1.54) is 16.7 Å². The maximum atomic E-state index is 11.3. The molecule has 0 saturated heterocycles. The third-order valence-corrected chi connectivity index (χ3v) is 3.22. The van der Waals surface area contributed by atoms with Gasteiger partial charge in [0.1, 0.15) is 5.02 Å². The van der Waals surface area contributed by atoms with Crippen LogP contribution < -0.4 is 4.87 Å². The second-order valence-corrected chi connectivity index (χ2v) is 4.60. The molecule has 0 bridgehead atoms. The first-order valence-corrected chi connectivity index (χ1v) is 5.90. The van der Waals surface area contributed by atoms with E-state index in [1.54, 1.807) is 17.6 Å². The second-order valence-electron chi connectivity index (χ2n) is 3.34. The van der Waals surface area contributed by atoms with Crippen LogP contribution in [0, 0.1) is 10.1 Å². The highest BCUT2D eigenvalue weighted by molar-refractivity contribution is 7.07. The topological polar surface area (TPSA) is 65.1 Å². The zero-order valence-corrected chi connectivity index (χ0v) is 10.1. The molecule has 0 saturated carbocycles. The maximum absolute atomic E-state index is 11.3. The van der Waals surface area contributed by atoms with Crippen LogP contribution in [0.5, 0.6) is 0 Å². The Labute approximate surface area is 105 Å². The Balaban J connectivity index is 2.35. The molecule has 0 aliphatic rings. The van der Waals surface area contributed by atoms with Crippen molar-refractivity contribution < 1.29 is 4.92 Å². The fourth-order valence-corrected chi connectivity index (χ4v) is 2.17. The van der Waals surface area contributed by atoms with E-state index < -0.39 is 4.92 Å². The molecular weight excluding hydrogens is 264 g/mol. The number of halogens is 1. The van der Waals surface area contributed by atoms with Crippen molar-refractivity contribution in [3.63, 3.8) is 0 Å². The van der Waals surface area contributed by atoms with Crippen LogP contribution in [0.1, 0.15) is 5.56 Å². The van der Waals surface area contributed by atoms with Crippen molar-refractivity contribution in [1.82, 2.24) is 4.57 Å². The van der Waals surface area contributed by atoms with E-state index in [9.17, 15) is 14.9 Å². The van der Waals surface area contributed by atoms with E-state index in [4.69, 9.17) is 11.6 Å². The van der Waals surface area contributed by atoms with Gasteiger partial charge >= 0.3 is 4.87 Å². The molecule has 1 heterocycles. The summed E-state index contributed by atoms with van der Waals surface area (Å²) in [6, 6.07) is 4.51. The van der Waals surface area contributed by atoms with Crippen LogP contribution in [0.2, 0.25) is 5.02 Å². The van der Waals surface area contributed by atoms with Gasteiger partial charge in [-0.25, -0.2) is 0 Å². The van der Waals surface area contributed by atoms with Crippen LogP contribution in [-0.2, 0) is 6.54 Å². The minimum Gasteiger partial charge on any atom is -0.302 e. The number of benzene rings is 1. The van der Waals surface area contributed by atoms with Gasteiger partial charge in [0.15, 0.2) is 0 Å². The van der Waals surface area contributed by atoms with Crippen molar-refractivity contribution >= 4 is 28.6 Å². The minimum atomic E-state index is -0.539. The lowest BCUT2D eigenvalue weighted by molar-refractivity contribution is -0.384. The van der Waals surface area contributed by atoms with Crippen molar-refractivity contribution in [3.05, 3.63) is 60.1 Å². The number of nitro benzene ring substituents is 1. The molecule has 0 fully saturated rings. The van der Waals surface area contributed by atoms with E-state index >= 15 is 0 Å². The van der Waals surface area contributed by atoms with E-state index in [-0.39, 0.29) is 15.6 Å². The summed E-state index contributed by atoms with van der Waals surface area (Å²) in [5.41, 5.74) is 0.522. The summed E-state index contributed by atoms with van der Waals surface area (Å²) in [5.74, 6) is 0. The quantitative estimate of drug-likeness (QED) is 0.636. The molecule has 0 atom stereocenters. The predicted octanol–water partition coefficient (Wildman–Crippen LogP) is 2.52. The van der Waals surface area contributed by atoms with Crippen LogP contribution in [0.25, 0.3) is 0 Å². The molecule has 0 spiro atoms. The molecule has 0 N–H and O–H groups in total. The zero-order valence-electron chi connectivity index (χ0n) is 8.50. The maximum Gasteiger partial charge on any atom is 0.307 e. The fourth-order valence-electron chi connectivity index (χ4n) is 1.40. The average molecular weight is 271 g/mol. The predicted molar refractivity (Wildman–Crippen MR) is 65.8 cm³/mol. The number of nitrogens with zero attached hydrogens (tertiary/aromatic N) is 2. The van der Waals surface area contributed by atoms with Gasteiger partial charge in [-0.3, -0.25) is 14.9 Å². The zero-order chi connectivity index (χ0) is 12.4. The molecule has 5 nitrogen and oxygen atoms in total. The van der Waals surface area contributed by atoms with Gasteiger partial charge in [0.2, 0.25) is 0 Å².